The van der Waals surface area contributed by atoms with Crippen molar-refractivity contribution in [1.82, 2.24) is 35.7 Å². The second-order valence-electron chi connectivity index (χ2n) is 16.7. The van der Waals surface area contributed by atoms with Gasteiger partial charge in [0, 0.05) is 23.5 Å². The number of hydrogen-bond donors (Lipinski definition) is 5. The van der Waals surface area contributed by atoms with E-state index in [2.05, 4.69) is 25.9 Å². The van der Waals surface area contributed by atoms with Gasteiger partial charge >= 0.3 is 12.1 Å². The zero-order valence-corrected chi connectivity index (χ0v) is 35.2. The molecular formula is C46H57N7O7. The van der Waals surface area contributed by atoms with Crippen LogP contribution in [0.5, 0.6) is 0 Å². The SMILES string of the molecule is CCC(C)[C@@H](C(=O)N[C@@H](Cc1ccccc1)C[C@H](O)[C@H](Cc1ccc(-c2ccccn2)cc1)NC(=O)[C@@H](NC(=O)O)C(C)(C)C)N1CC(=O)N(Cc2cccc(C)n2)C1=O. The number of hydrogen-bond acceptors (Lipinski definition) is 8. The Morgan fingerprint density at radius 1 is 0.833 bits per heavy atom. The highest BCUT2D eigenvalue weighted by Gasteiger charge is 2.45. The number of pyridine rings is 2. The minimum absolute atomic E-state index is 0.0185. The monoisotopic (exact) mass is 819 g/mol. The molecule has 3 heterocycles. The van der Waals surface area contributed by atoms with Crippen LogP contribution in [-0.4, -0.2) is 96.6 Å². The van der Waals surface area contributed by atoms with E-state index in [4.69, 9.17) is 0 Å². The van der Waals surface area contributed by atoms with Crippen molar-refractivity contribution in [3.05, 3.63) is 120 Å². The Morgan fingerprint density at radius 2 is 1.52 bits per heavy atom. The highest BCUT2D eigenvalue weighted by Crippen LogP contribution is 2.25. The topological polar surface area (TPSA) is 194 Å². The normalized spacial score (nSPS) is 16.1. The zero-order valence-electron chi connectivity index (χ0n) is 35.2. The van der Waals surface area contributed by atoms with Crippen LogP contribution in [0.25, 0.3) is 11.3 Å². The van der Waals surface area contributed by atoms with Crippen LogP contribution in [0.4, 0.5) is 9.59 Å². The van der Waals surface area contributed by atoms with Crippen molar-refractivity contribution in [3.63, 3.8) is 0 Å². The van der Waals surface area contributed by atoms with E-state index in [9.17, 15) is 34.2 Å². The lowest BCUT2D eigenvalue weighted by molar-refractivity contribution is -0.129. The molecule has 1 aliphatic rings. The first-order valence-corrected chi connectivity index (χ1v) is 20.4. The summed E-state index contributed by atoms with van der Waals surface area (Å²) < 4.78 is 0. The Balaban J connectivity index is 1.42. The highest BCUT2D eigenvalue weighted by molar-refractivity contribution is 6.04. The van der Waals surface area contributed by atoms with Crippen LogP contribution in [0.1, 0.15) is 70.0 Å². The second-order valence-corrected chi connectivity index (χ2v) is 16.7. The van der Waals surface area contributed by atoms with Gasteiger partial charge in [0.05, 0.1) is 30.1 Å². The molecule has 5 N–H and O–H groups in total. The van der Waals surface area contributed by atoms with E-state index in [1.165, 1.54) is 4.90 Å². The summed E-state index contributed by atoms with van der Waals surface area (Å²) in [4.78, 5) is 78.7. The van der Waals surface area contributed by atoms with Gasteiger partial charge in [0.1, 0.15) is 18.6 Å². The van der Waals surface area contributed by atoms with Crippen molar-refractivity contribution in [3.8, 4) is 11.3 Å². The van der Waals surface area contributed by atoms with Crippen molar-refractivity contribution in [2.75, 3.05) is 6.54 Å². The fourth-order valence-electron chi connectivity index (χ4n) is 7.49. The summed E-state index contributed by atoms with van der Waals surface area (Å²) in [5, 5.41) is 30.1. The number of carbonyl (C=O) groups is 5. The summed E-state index contributed by atoms with van der Waals surface area (Å²) in [5.74, 6) is -1.85. The Bertz CT molecular complexity index is 2090. The Labute approximate surface area is 351 Å². The standard InChI is InChI=1S/C46H57N7O7/c1-7-29(2)40(53-28-39(55)52(45(53)60)27-34-17-13-14-30(3)48-34)42(56)49-35(24-31-15-9-8-10-16-31)26-38(54)37(50-43(57)41(46(4,5)6)51-44(58)59)25-32-19-21-33(22-20-32)36-18-11-12-23-47-36/h8-23,29,35,37-38,40-41,51,54H,7,24-28H2,1-6H3,(H,49,56)(H,50,57)(H,58,59)/t29?,35-,37-,38-,40-,41+/m0/s1. The maximum atomic E-state index is 14.5. The zero-order chi connectivity index (χ0) is 43.6. The predicted octanol–water partition coefficient (Wildman–Crippen LogP) is 5.52. The number of carbonyl (C=O) groups excluding carboxylic acids is 4. The second kappa shape index (κ2) is 20.2. The van der Waals surface area contributed by atoms with Crippen molar-refractivity contribution in [2.45, 2.75) is 104 Å². The van der Waals surface area contributed by atoms with E-state index >= 15 is 0 Å². The quantitative estimate of drug-likeness (QED) is 0.0804. The maximum Gasteiger partial charge on any atom is 0.405 e. The summed E-state index contributed by atoms with van der Waals surface area (Å²) >= 11 is 0. The minimum Gasteiger partial charge on any atom is -0.465 e. The summed E-state index contributed by atoms with van der Waals surface area (Å²) in [6.45, 7) is 10.5. The number of aliphatic hydroxyl groups is 1. The fraction of sp³-hybridized carbons (Fsp3) is 0.413. The lowest BCUT2D eigenvalue weighted by Gasteiger charge is -2.34. The molecule has 1 unspecified atom stereocenters. The van der Waals surface area contributed by atoms with Gasteiger partial charge in [-0.3, -0.25) is 29.3 Å². The molecule has 2 aromatic heterocycles. The Morgan fingerprint density at radius 3 is 2.13 bits per heavy atom. The molecule has 0 saturated carbocycles. The van der Waals surface area contributed by atoms with Crippen molar-refractivity contribution in [1.29, 1.82) is 0 Å². The van der Waals surface area contributed by atoms with E-state index in [0.29, 0.717) is 18.5 Å². The van der Waals surface area contributed by atoms with Crippen molar-refractivity contribution >= 4 is 29.8 Å². The number of nitrogens with zero attached hydrogens (tertiary/aromatic N) is 4. The number of rotatable bonds is 18. The molecule has 0 bridgehead atoms. The predicted molar refractivity (Wildman–Crippen MR) is 227 cm³/mol. The van der Waals surface area contributed by atoms with Gasteiger partial charge in [0.2, 0.25) is 11.8 Å². The maximum absolute atomic E-state index is 14.5. The molecule has 5 rings (SSSR count). The molecule has 318 valence electrons. The minimum atomic E-state index is -1.36. The molecule has 60 heavy (non-hydrogen) atoms. The molecule has 14 nitrogen and oxygen atoms in total. The number of aliphatic hydroxyl groups excluding tert-OH is 1. The average molecular weight is 820 g/mol. The molecule has 0 aliphatic carbocycles. The van der Waals surface area contributed by atoms with Gasteiger partial charge in [0.25, 0.3) is 5.91 Å². The highest BCUT2D eigenvalue weighted by atomic mass is 16.4. The average Bonchev–Trinajstić information content (AvgIpc) is 3.47. The van der Waals surface area contributed by atoms with Gasteiger partial charge in [-0.05, 0) is 72.9 Å². The molecule has 0 radical (unpaired) electrons. The number of urea groups is 1. The third-order valence-corrected chi connectivity index (χ3v) is 10.9. The summed E-state index contributed by atoms with van der Waals surface area (Å²) in [7, 11) is 0. The molecule has 1 saturated heterocycles. The Hall–Kier alpha value is -6.15. The van der Waals surface area contributed by atoms with Crippen molar-refractivity contribution < 1.29 is 34.2 Å². The molecule has 1 aliphatic heterocycles. The molecule has 6 amide bonds. The first-order chi connectivity index (χ1) is 28.5. The summed E-state index contributed by atoms with van der Waals surface area (Å²) in [6.07, 6.45) is 0.110. The fourth-order valence-corrected chi connectivity index (χ4v) is 7.49. The third-order valence-electron chi connectivity index (χ3n) is 10.9. The number of carboxylic acid groups (broad SMARTS) is 1. The third kappa shape index (κ3) is 12.0. The van der Waals surface area contributed by atoms with E-state index in [0.717, 1.165) is 33.0 Å². The lowest BCUT2D eigenvalue weighted by Crippen LogP contribution is -2.58. The molecule has 14 heteroatoms. The number of amides is 6. The summed E-state index contributed by atoms with van der Waals surface area (Å²) in [5.41, 5.74) is 3.83. The van der Waals surface area contributed by atoms with Gasteiger partial charge in [0.15, 0.2) is 0 Å². The molecule has 2 aromatic carbocycles. The van der Waals surface area contributed by atoms with Crippen LogP contribution in [0.15, 0.2) is 97.2 Å². The molecule has 4 aromatic rings. The first-order valence-electron chi connectivity index (χ1n) is 20.4. The first kappa shape index (κ1) is 44.9. The lowest BCUT2D eigenvalue weighted by atomic mass is 9.85. The van der Waals surface area contributed by atoms with E-state index in [1.807, 2.05) is 106 Å². The molecule has 0 spiro atoms. The smallest absolute Gasteiger partial charge is 0.405 e. The van der Waals surface area contributed by atoms with Crippen molar-refractivity contribution in [2.24, 2.45) is 11.3 Å². The van der Waals surface area contributed by atoms with Crippen LogP contribution in [0.2, 0.25) is 0 Å². The molecule has 1 fully saturated rings. The Kier molecular flexibility index (Phi) is 15.1. The molecule has 6 atom stereocenters. The van der Waals surface area contributed by atoms with Gasteiger partial charge in [-0.15, -0.1) is 0 Å². The van der Waals surface area contributed by atoms with Gasteiger partial charge < -0.3 is 31.1 Å². The summed E-state index contributed by atoms with van der Waals surface area (Å²) in [6, 6.07) is 23.7. The molecular weight excluding hydrogens is 763 g/mol. The van der Waals surface area contributed by atoms with Crippen LogP contribution in [0, 0.1) is 18.3 Å². The van der Waals surface area contributed by atoms with Gasteiger partial charge in [-0.25, -0.2) is 9.59 Å². The van der Waals surface area contributed by atoms with Gasteiger partial charge in [-0.1, -0.05) is 108 Å². The number of imide groups is 1. The van der Waals surface area contributed by atoms with Gasteiger partial charge in [-0.2, -0.15) is 0 Å². The van der Waals surface area contributed by atoms with Crippen LogP contribution in [0.3, 0.4) is 0 Å². The number of benzene rings is 2. The van der Waals surface area contributed by atoms with E-state index in [-0.39, 0.29) is 31.8 Å². The van der Waals surface area contributed by atoms with Crippen LogP contribution in [-0.2, 0) is 33.8 Å². The van der Waals surface area contributed by atoms with Crippen LogP contribution >= 0.6 is 0 Å². The largest absolute Gasteiger partial charge is 0.465 e. The number of nitrogens with one attached hydrogen (secondary N) is 3. The van der Waals surface area contributed by atoms with Crippen LogP contribution < -0.4 is 16.0 Å². The number of aromatic nitrogens is 2. The van der Waals surface area contributed by atoms with E-state index in [1.54, 1.807) is 33.0 Å². The number of aryl methyl sites for hydroxylation is 1. The van der Waals surface area contributed by atoms with E-state index < -0.39 is 65.5 Å².